The molecule has 0 saturated carbocycles. The molecule has 0 aromatic rings. The highest BCUT2D eigenvalue weighted by Crippen LogP contribution is 2.15. The average Bonchev–Trinajstić information content (AvgIpc) is 2.86. The van der Waals surface area contributed by atoms with E-state index in [9.17, 15) is 4.79 Å². The number of amides is 1. The minimum Gasteiger partial charge on any atom is -0.395 e. The van der Waals surface area contributed by atoms with Crippen LogP contribution in [0, 0.1) is 5.92 Å². The van der Waals surface area contributed by atoms with Crippen LogP contribution >= 0.6 is 0 Å². The molecule has 5 heteroatoms. The molecule has 1 amide bonds. The largest absolute Gasteiger partial charge is 0.395 e. The van der Waals surface area contributed by atoms with Crippen molar-refractivity contribution in [3.8, 4) is 0 Å². The van der Waals surface area contributed by atoms with Crippen LogP contribution in [0.5, 0.6) is 0 Å². The fourth-order valence-corrected chi connectivity index (χ4v) is 3.20. The van der Waals surface area contributed by atoms with Gasteiger partial charge in [0.15, 0.2) is 0 Å². The Hall–Kier alpha value is -0.650. The molecular formula is C15H29N3O2. The first-order valence-electron chi connectivity index (χ1n) is 8.11. The molecule has 0 radical (unpaired) electrons. The lowest BCUT2D eigenvalue weighted by Gasteiger charge is -2.31. The van der Waals surface area contributed by atoms with Crippen molar-refractivity contribution in [2.45, 2.75) is 32.1 Å². The molecule has 0 aliphatic carbocycles. The number of likely N-dealkylation sites (tertiary alicyclic amines) is 2. The van der Waals surface area contributed by atoms with E-state index in [0.29, 0.717) is 5.91 Å². The van der Waals surface area contributed by atoms with E-state index in [0.717, 1.165) is 71.0 Å². The lowest BCUT2D eigenvalue weighted by molar-refractivity contribution is -0.127. The third-order valence-electron chi connectivity index (χ3n) is 4.51. The van der Waals surface area contributed by atoms with Crippen LogP contribution in [0.15, 0.2) is 0 Å². The molecule has 2 N–H and O–H groups in total. The van der Waals surface area contributed by atoms with Crippen LogP contribution in [0.2, 0.25) is 0 Å². The smallest absolute Gasteiger partial charge is 0.222 e. The molecule has 5 nitrogen and oxygen atoms in total. The van der Waals surface area contributed by atoms with Crippen molar-refractivity contribution >= 4 is 5.91 Å². The second-order valence-corrected chi connectivity index (χ2v) is 6.05. The molecule has 0 atom stereocenters. The summed E-state index contributed by atoms with van der Waals surface area (Å²) in [4.78, 5) is 15.8. The van der Waals surface area contributed by atoms with E-state index >= 15 is 0 Å². The molecule has 2 rings (SSSR count). The Balaban J connectivity index is 1.46. The Morgan fingerprint density at radius 1 is 1.20 bits per heavy atom. The van der Waals surface area contributed by atoms with Crippen LogP contribution < -0.4 is 5.32 Å². The van der Waals surface area contributed by atoms with Gasteiger partial charge in [0.2, 0.25) is 5.91 Å². The van der Waals surface area contributed by atoms with E-state index in [-0.39, 0.29) is 6.61 Å². The topological polar surface area (TPSA) is 55.8 Å². The number of hydrogen-bond acceptors (Lipinski definition) is 4. The second kappa shape index (κ2) is 8.60. The van der Waals surface area contributed by atoms with Crippen LogP contribution in [-0.4, -0.2) is 73.2 Å². The number of rotatable bonds is 8. The monoisotopic (exact) mass is 283 g/mol. The predicted octanol–water partition coefficient (Wildman–Crippen LogP) is 0.293. The summed E-state index contributed by atoms with van der Waals surface area (Å²) in [5, 5.41) is 12.4. The zero-order chi connectivity index (χ0) is 14.2. The van der Waals surface area contributed by atoms with E-state index in [1.165, 1.54) is 12.8 Å². The van der Waals surface area contributed by atoms with E-state index in [1.807, 2.05) is 4.90 Å². The number of β-amino-alcohol motifs (C(OH)–C–C–N with tert-alkyl or cyclic N) is 1. The van der Waals surface area contributed by atoms with E-state index in [4.69, 9.17) is 5.11 Å². The third kappa shape index (κ3) is 5.04. The summed E-state index contributed by atoms with van der Waals surface area (Å²) >= 11 is 0. The molecule has 0 bridgehead atoms. The molecule has 20 heavy (non-hydrogen) atoms. The fraction of sp³-hybridized carbons (Fsp3) is 0.933. The lowest BCUT2D eigenvalue weighted by Crippen LogP contribution is -2.39. The molecular weight excluding hydrogens is 254 g/mol. The Morgan fingerprint density at radius 3 is 2.65 bits per heavy atom. The molecule has 2 aliphatic rings. The predicted molar refractivity (Wildman–Crippen MR) is 79.6 cm³/mol. The molecule has 0 aromatic carbocycles. The Labute approximate surface area is 122 Å². The number of piperidine rings is 1. The summed E-state index contributed by atoms with van der Waals surface area (Å²) in [6.45, 7) is 7.33. The second-order valence-electron chi connectivity index (χ2n) is 6.05. The summed E-state index contributed by atoms with van der Waals surface area (Å²) in [6.07, 6.45) is 5.32. The van der Waals surface area contributed by atoms with Gasteiger partial charge in [0.25, 0.3) is 0 Å². The quantitative estimate of drug-likeness (QED) is 0.629. The zero-order valence-electron chi connectivity index (χ0n) is 12.5. The van der Waals surface area contributed by atoms with Gasteiger partial charge in [0.05, 0.1) is 6.61 Å². The van der Waals surface area contributed by atoms with E-state index < -0.39 is 0 Å². The molecule has 2 fully saturated rings. The normalized spacial score (nSPS) is 21.9. The summed E-state index contributed by atoms with van der Waals surface area (Å²) in [6, 6.07) is 0. The van der Waals surface area contributed by atoms with Crippen molar-refractivity contribution in [1.82, 2.24) is 15.1 Å². The highest BCUT2D eigenvalue weighted by molar-refractivity contribution is 5.77. The van der Waals surface area contributed by atoms with Gasteiger partial charge in [-0.2, -0.15) is 0 Å². The third-order valence-corrected chi connectivity index (χ3v) is 4.51. The van der Waals surface area contributed by atoms with Crippen molar-refractivity contribution in [3.05, 3.63) is 0 Å². The molecule has 0 aromatic heterocycles. The number of aliphatic hydroxyl groups is 1. The number of nitrogens with zero attached hydrogens (tertiary/aromatic N) is 2. The number of hydrogen-bond donors (Lipinski definition) is 2. The van der Waals surface area contributed by atoms with Gasteiger partial charge < -0.3 is 20.2 Å². The first-order chi connectivity index (χ1) is 9.79. The summed E-state index contributed by atoms with van der Waals surface area (Å²) in [5.41, 5.74) is 0. The van der Waals surface area contributed by atoms with Gasteiger partial charge in [0.1, 0.15) is 0 Å². The minimum atomic E-state index is 0.276. The zero-order valence-corrected chi connectivity index (χ0v) is 12.5. The average molecular weight is 283 g/mol. The van der Waals surface area contributed by atoms with Gasteiger partial charge in [0, 0.05) is 26.1 Å². The number of carbonyl (C=O) groups excluding carboxylic acids is 1. The Morgan fingerprint density at radius 2 is 2.00 bits per heavy atom. The molecule has 116 valence electrons. The molecule has 2 aliphatic heterocycles. The summed E-state index contributed by atoms with van der Waals surface area (Å²) in [5.74, 6) is 1.11. The van der Waals surface area contributed by atoms with Crippen LogP contribution in [0.3, 0.4) is 0 Å². The van der Waals surface area contributed by atoms with Gasteiger partial charge in [-0.05, 0) is 57.8 Å². The van der Waals surface area contributed by atoms with Crippen LogP contribution in [0.25, 0.3) is 0 Å². The highest BCUT2D eigenvalue weighted by atomic mass is 16.3. The van der Waals surface area contributed by atoms with E-state index in [1.54, 1.807) is 0 Å². The fourth-order valence-electron chi connectivity index (χ4n) is 3.20. The summed E-state index contributed by atoms with van der Waals surface area (Å²) in [7, 11) is 0. The highest BCUT2D eigenvalue weighted by Gasteiger charge is 2.20. The van der Waals surface area contributed by atoms with Crippen molar-refractivity contribution in [2.24, 2.45) is 5.92 Å². The number of nitrogens with one attached hydrogen (secondary N) is 1. The first kappa shape index (κ1) is 15.7. The van der Waals surface area contributed by atoms with Crippen LogP contribution in [-0.2, 0) is 4.79 Å². The van der Waals surface area contributed by atoms with Crippen molar-refractivity contribution in [1.29, 1.82) is 0 Å². The molecule has 2 heterocycles. The molecule has 0 spiro atoms. The van der Waals surface area contributed by atoms with Gasteiger partial charge in [-0.1, -0.05) is 0 Å². The van der Waals surface area contributed by atoms with E-state index in [2.05, 4.69) is 10.2 Å². The lowest BCUT2D eigenvalue weighted by atomic mass is 9.97. The maximum Gasteiger partial charge on any atom is 0.222 e. The maximum absolute atomic E-state index is 11.5. The van der Waals surface area contributed by atoms with Crippen molar-refractivity contribution < 1.29 is 9.90 Å². The van der Waals surface area contributed by atoms with Gasteiger partial charge in [-0.3, -0.25) is 4.79 Å². The van der Waals surface area contributed by atoms with Crippen molar-refractivity contribution in [2.75, 3.05) is 52.4 Å². The van der Waals surface area contributed by atoms with Crippen molar-refractivity contribution in [3.63, 3.8) is 0 Å². The number of carbonyl (C=O) groups is 1. The number of aliphatic hydroxyl groups excluding tert-OH is 1. The van der Waals surface area contributed by atoms with Crippen LogP contribution in [0.1, 0.15) is 32.1 Å². The van der Waals surface area contributed by atoms with Crippen LogP contribution in [0.4, 0.5) is 0 Å². The van der Waals surface area contributed by atoms with Gasteiger partial charge >= 0.3 is 0 Å². The maximum atomic E-state index is 11.5. The van der Waals surface area contributed by atoms with Gasteiger partial charge in [-0.15, -0.1) is 0 Å². The minimum absolute atomic E-state index is 0.276. The Bertz CT molecular complexity index is 291. The molecule has 2 saturated heterocycles. The SMILES string of the molecule is O=C1CCCN1CCCNCC1CCN(CCO)CC1. The summed E-state index contributed by atoms with van der Waals surface area (Å²) < 4.78 is 0. The standard InChI is InChI=1S/C15H29N3O2/c19-12-11-17-9-4-14(5-10-17)13-16-6-2-8-18-7-1-3-15(18)20/h14,16,19H,1-13H2. The first-order valence-corrected chi connectivity index (χ1v) is 8.11. The Kier molecular flexibility index (Phi) is 6.76. The molecule has 0 unspecified atom stereocenters. The van der Waals surface area contributed by atoms with Gasteiger partial charge in [-0.25, -0.2) is 0 Å².